The average molecular weight is 527 g/mol. The molecule has 0 radical (unpaired) electrons. The molecule has 0 spiro atoms. The van der Waals surface area contributed by atoms with Gasteiger partial charge < -0.3 is 20.7 Å². The van der Waals surface area contributed by atoms with Crippen LogP contribution in [0.4, 0.5) is 30.4 Å². The maximum absolute atomic E-state index is 12.8. The first-order valence-electron chi connectivity index (χ1n) is 9.97. The lowest BCUT2D eigenvalue weighted by Crippen LogP contribution is -2.31. The zero-order valence-electron chi connectivity index (χ0n) is 18.2. The van der Waals surface area contributed by atoms with E-state index in [1.54, 1.807) is 6.07 Å². The van der Waals surface area contributed by atoms with Crippen molar-refractivity contribution in [1.29, 1.82) is 0 Å². The number of carbonyl (C=O) groups is 2. The van der Waals surface area contributed by atoms with Gasteiger partial charge in [-0.05, 0) is 54.1 Å². The number of nitrogens with zero attached hydrogens (tertiary/aromatic N) is 2. The van der Waals surface area contributed by atoms with Crippen LogP contribution >= 0.6 is 23.2 Å². The number of anilines is 3. The second-order valence-corrected chi connectivity index (χ2v) is 8.14. The van der Waals surface area contributed by atoms with Gasteiger partial charge in [0.05, 0.1) is 27.9 Å². The van der Waals surface area contributed by atoms with E-state index in [2.05, 4.69) is 10.3 Å². The number of benzene rings is 2. The van der Waals surface area contributed by atoms with Crippen LogP contribution in [-0.4, -0.2) is 30.5 Å². The normalized spacial score (nSPS) is 11.3. The van der Waals surface area contributed by atoms with Gasteiger partial charge in [-0.1, -0.05) is 23.2 Å². The summed E-state index contributed by atoms with van der Waals surface area (Å²) in [6.07, 6.45) is -2.98. The summed E-state index contributed by atoms with van der Waals surface area (Å²) in [6, 6.07) is 9.85. The molecule has 12 heteroatoms. The third-order valence-corrected chi connectivity index (χ3v) is 5.33. The number of hydrogen-bond donors (Lipinski definition) is 2. The Kier molecular flexibility index (Phi) is 8.21. The molecule has 3 aromatic rings. The van der Waals surface area contributed by atoms with Gasteiger partial charge in [-0.25, -0.2) is 4.98 Å². The third-order valence-electron chi connectivity index (χ3n) is 4.73. The number of halogens is 5. The average Bonchev–Trinajstić information content (AvgIpc) is 2.78. The summed E-state index contributed by atoms with van der Waals surface area (Å²) >= 11 is 12.7. The van der Waals surface area contributed by atoms with E-state index in [-0.39, 0.29) is 46.0 Å². The molecule has 184 valence electrons. The molecular weight excluding hydrogens is 508 g/mol. The standard InChI is InChI=1S/C23H19Cl2F3N4O3/c1-35-12-13-8-18(25)21(30-10-13)32(11-20(29)33)19-9-14(2-7-17(19)24)22(34)31-16-5-3-15(4-6-16)23(26,27)28/h2-10H,11-12H2,1H3,(H2,29,33)(H,31,34). The Morgan fingerprint density at radius 1 is 1.09 bits per heavy atom. The van der Waals surface area contributed by atoms with Crippen LogP contribution in [0.25, 0.3) is 0 Å². The van der Waals surface area contributed by atoms with Gasteiger partial charge in [-0.3, -0.25) is 9.59 Å². The Morgan fingerprint density at radius 3 is 2.34 bits per heavy atom. The molecule has 0 fully saturated rings. The van der Waals surface area contributed by atoms with E-state index in [1.807, 2.05) is 0 Å². The molecule has 0 bridgehead atoms. The van der Waals surface area contributed by atoms with Crippen molar-refractivity contribution in [2.75, 3.05) is 23.9 Å². The number of amides is 2. The van der Waals surface area contributed by atoms with E-state index in [9.17, 15) is 22.8 Å². The van der Waals surface area contributed by atoms with Crippen molar-refractivity contribution in [3.05, 3.63) is 81.5 Å². The van der Waals surface area contributed by atoms with Crippen LogP contribution < -0.4 is 16.0 Å². The van der Waals surface area contributed by atoms with E-state index < -0.39 is 23.6 Å². The van der Waals surface area contributed by atoms with Crippen molar-refractivity contribution in [2.24, 2.45) is 5.73 Å². The first kappa shape index (κ1) is 26.3. The smallest absolute Gasteiger partial charge is 0.380 e. The number of ether oxygens (including phenoxy) is 1. The molecule has 3 N–H and O–H groups in total. The Balaban J connectivity index is 1.93. The Morgan fingerprint density at radius 2 is 1.77 bits per heavy atom. The van der Waals surface area contributed by atoms with Crippen LogP contribution in [0, 0.1) is 0 Å². The second kappa shape index (κ2) is 10.9. The number of hydrogen-bond acceptors (Lipinski definition) is 5. The summed E-state index contributed by atoms with van der Waals surface area (Å²) in [6.45, 7) is -0.0801. The monoisotopic (exact) mass is 526 g/mol. The van der Waals surface area contributed by atoms with Crippen molar-refractivity contribution in [1.82, 2.24) is 4.98 Å². The molecule has 0 atom stereocenters. The number of pyridine rings is 1. The number of primary amides is 1. The minimum absolute atomic E-state index is 0.117. The van der Waals surface area contributed by atoms with Gasteiger partial charge in [0.1, 0.15) is 6.54 Å². The highest BCUT2D eigenvalue weighted by Gasteiger charge is 2.30. The molecule has 0 aliphatic carbocycles. The number of nitrogens with two attached hydrogens (primary N) is 1. The maximum Gasteiger partial charge on any atom is 0.416 e. The number of aromatic nitrogens is 1. The first-order chi connectivity index (χ1) is 16.5. The molecule has 7 nitrogen and oxygen atoms in total. The molecule has 0 aliphatic rings. The van der Waals surface area contributed by atoms with E-state index in [4.69, 9.17) is 33.7 Å². The molecule has 3 rings (SSSR count). The highest BCUT2D eigenvalue weighted by Crippen LogP contribution is 2.36. The van der Waals surface area contributed by atoms with Crippen LogP contribution in [0.3, 0.4) is 0 Å². The van der Waals surface area contributed by atoms with Crippen molar-refractivity contribution < 1.29 is 27.5 Å². The lowest BCUT2D eigenvalue weighted by molar-refractivity contribution is -0.137. The molecule has 0 unspecified atom stereocenters. The zero-order valence-corrected chi connectivity index (χ0v) is 19.7. The van der Waals surface area contributed by atoms with Crippen LogP contribution in [0.15, 0.2) is 54.7 Å². The number of rotatable bonds is 8. The Bertz CT molecular complexity index is 1240. The van der Waals surface area contributed by atoms with E-state index >= 15 is 0 Å². The van der Waals surface area contributed by atoms with Gasteiger partial charge in [-0.2, -0.15) is 13.2 Å². The summed E-state index contributed by atoms with van der Waals surface area (Å²) in [5.74, 6) is -1.15. The molecular formula is C23H19Cl2F3N4O3. The predicted octanol–water partition coefficient (Wildman–Crippen LogP) is 5.43. The van der Waals surface area contributed by atoms with Crippen LogP contribution in [-0.2, 0) is 22.3 Å². The van der Waals surface area contributed by atoms with E-state index in [1.165, 1.54) is 36.4 Å². The van der Waals surface area contributed by atoms with Gasteiger partial charge in [0, 0.05) is 24.6 Å². The first-order valence-corrected chi connectivity index (χ1v) is 10.7. The van der Waals surface area contributed by atoms with Gasteiger partial charge in [0.2, 0.25) is 5.91 Å². The Labute approximate surface area is 208 Å². The fraction of sp³-hybridized carbons (Fsp3) is 0.174. The highest BCUT2D eigenvalue weighted by atomic mass is 35.5. The van der Waals surface area contributed by atoms with Crippen LogP contribution in [0.5, 0.6) is 0 Å². The number of alkyl halides is 3. The topological polar surface area (TPSA) is 97.5 Å². The quantitative estimate of drug-likeness (QED) is 0.407. The molecule has 2 aromatic carbocycles. The predicted molar refractivity (Wildman–Crippen MR) is 127 cm³/mol. The number of methoxy groups -OCH3 is 1. The zero-order chi connectivity index (χ0) is 25.8. The molecule has 0 saturated heterocycles. The summed E-state index contributed by atoms with van der Waals surface area (Å²) < 4.78 is 43.4. The van der Waals surface area contributed by atoms with Gasteiger partial charge in [0.15, 0.2) is 5.82 Å². The van der Waals surface area contributed by atoms with Crippen LogP contribution in [0.1, 0.15) is 21.5 Å². The molecule has 1 heterocycles. The van der Waals surface area contributed by atoms with Crippen molar-refractivity contribution in [2.45, 2.75) is 12.8 Å². The van der Waals surface area contributed by atoms with Gasteiger partial charge >= 0.3 is 6.18 Å². The molecule has 0 aliphatic heterocycles. The molecule has 2 amide bonds. The maximum atomic E-state index is 12.8. The molecule has 0 saturated carbocycles. The SMILES string of the molecule is COCc1cnc(N(CC(N)=O)c2cc(C(=O)Nc3ccc(C(F)(F)F)cc3)ccc2Cl)c(Cl)c1. The summed E-state index contributed by atoms with van der Waals surface area (Å²) in [5.41, 5.74) is 5.76. The third kappa shape index (κ3) is 6.62. The summed E-state index contributed by atoms with van der Waals surface area (Å²) in [5, 5.41) is 2.89. The minimum Gasteiger partial charge on any atom is -0.380 e. The van der Waals surface area contributed by atoms with Crippen LogP contribution in [0.2, 0.25) is 10.0 Å². The van der Waals surface area contributed by atoms with Gasteiger partial charge in [0.25, 0.3) is 5.91 Å². The van der Waals surface area contributed by atoms with Crippen molar-refractivity contribution in [3.8, 4) is 0 Å². The summed E-state index contributed by atoms with van der Waals surface area (Å²) in [4.78, 5) is 30.2. The minimum atomic E-state index is -4.49. The second-order valence-electron chi connectivity index (χ2n) is 7.33. The number of carbonyl (C=O) groups excluding carboxylic acids is 2. The molecule has 1 aromatic heterocycles. The van der Waals surface area contributed by atoms with Gasteiger partial charge in [-0.15, -0.1) is 0 Å². The molecule has 35 heavy (non-hydrogen) atoms. The lowest BCUT2D eigenvalue weighted by atomic mass is 10.1. The lowest BCUT2D eigenvalue weighted by Gasteiger charge is -2.25. The largest absolute Gasteiger partial charge is 0.416 e. The van der Waals surface area contributed by atoms with Crippen molar-refractivity contribution >= 4 is 52.2 Å². The van der Waals surface area contributed by atoms with Crippen molar-refractivity contribution in [3.63, 3.8) is 0 Å². The fourth-order valence-electron chi connectivity index (χ4n) is 3.15. The highest BCUT2D eigenvalue weighted by molar-refractivity contribution is 6.35. The number of nitrogens with one attached hydrogen (secondary N) is 1. The Hall–Kier alpha value is -3.34. The van der Waals surface area contributed by atoms with E-state index in [0.717, 1.165) is 24.3 Å². The summed E-state index contributed by atoms with van der Waals surface area (Å²) in [7, 11) is 1.52. The van der Waals surface area contributed by atoms with E-state index in [0.29, 0.717) is 5.56 Å². The fourth-order valence-corrected chi connectivity index (χ4v) is 3.66.